The van der Waals surface area contributed by atoms with Crippen molar-refractivity contribution in [2.24, 2.45) is 0 Å². The second-order valence-electron chi connectivity index (χ2n) is 0.919. The molecule has 1 aromatic heterocycles. The summed E-state index contributed by atoms with van der Waals surface area (Å²) in [4.78, 5) is 10.0. The van der Waals surface area contributed by atoms with E-state index < -0.39 is 5.69 Å². The minimum absolute atomic E-state index is 0.470. The zero-order valence-electron chi connectivity index (χ0n) is 3.38. The molecule has 7 heavy (non-hydrogen) atoms. The lowest BCUT2D eigenvalue weighted by Gasteiger charge is -1.63. The Kier molecular flexibility index (Phi) is 0.816. The summed E-state index contributed by atoms with van der Waals surface area (Å²) in [7, 11) is 0. The number of nitrogens with one attached hydrogen (secondary N) is 2. The van der Waals surface area contributed by atoms with Gasteiger partial charge in [-0.05, 0) is 0 Å². The second kappa shape index (κ2) is 1.46. The van der Waals surface area contributed by atoms with Crippen LogP contribution in [-0.4, -0.2) is 15.3 Å². The summed E-state index contributed by atoms with van der Waals surface area (Å²) in [5.74, 6) is 0. The average Bonchev–Trinajstić information content (AvgIpc) is 1.69. The van der Waals surface area contributed by atoms with E-state index in [2.05, 4.69) is 20.4 Å². The van der Waals surface area contributed by atoms with Crippen LogP contribution in [0.25, 0.3) is 0 Å². The van der Waals surface area contributed by atoms with Crippen LogP contribution >= 0.6 is 0 Å². The molecule has 0 unspecified atom stereocenters. The second-order valence-corrected chi connectivity index (χ2v) is 0.919. The van der Waals surface area contributed by atoms with E-state index in [1.54, 1.807) is 0 Å². The Balaban J connectivity index is 3.28. The summed E-state index contributed by atoms with van der Waals surface area (Å²) in [6.45, 7) is 0. The van der Waals surface area contributed by atoms with E-state index in [1.165, 1.54) is 6.33 Å². The molecule has 0 spiro atoms. The van der Waals surface area contributed by atoms with Crippen molar-refractivity contribution in [3.05, 3.63) is 16.8 Å². The van der Waals surface area contributed by atoms with Crippen LogP contribution in [0.5, 0.6) is 0 Å². The molecule has 0 aliphatic carbocycles. The maximum absolute atomic E-state index is 10.0. The molecule has 0 aromatic carbocycles. The van der Waals surface area contributed by atoms with Gasteiger partial charge in [0.25, 0.3) is 0 Å². The van der Waals surface area contributed by atoms with Gasteiger partial charge in [-0.1, -0.05) is 0 Å². The van der Waals surface area contributed by atoms with E-state index in [9.17, 15) is 4.79 Å². The van der Waals surface area contributed by atoms with Crippen molar-refractivity contribution < 1.29 is 5.10 Å². The Morgan fingerprint density at radius 2 is 2.71 bits per heavy atom. The summed E-state index contributed by atoms with van der Waals surface area (Å²) in [5, 5.41) is 10.8. The van der Waals surface area contributed by atoms with Gasteiger partial charge in [0.2, 0.25) is 0 Å². The van der Waals surface area contributed by atoms with Gasteiger partial charge >= 0.3 is 12.0 Å². The predicted octanol–water partition coefficient (Wildman–Crippen LogP) is -2.02. The number of nitrogens with zero attached hydrogens (tertiary/aromatic N) is 2. The molecule has 0 fully saturated rings. The smallest absolute Gasteiger partial charge is 0.239 e. The van der Waals surface area contributed by atoms with Gasteiger partial charge in [-0.2, -0.15) is 10.2 Å². The Morgan fingerprint density at radius 1 is 1.86 bits per heavy atom. The molecule has 0 saturated heterocycles. The van der Waals surface area contributed by atoms with Gasteiger partial charge in [-0.25, -0.2) is 4.79 Å². The normalized spacial score (nSPS) is 8.57. The van der Waals surface area contributed by atoms with Gasteiger partial charge in [0, 0.05) is 5.10 Å². The summed E-state index contributed by atoms with van der Waals surface area (Å²) < 4.78 is 0. The molecular weight excluding hydrogens is 96.0 g/mol. The third kappa shape index (κ3) is 0.783. The molecule has 0 aliphatic heterocycles. The third-order valence-corrected chi connectivity index (χ3v) is 0.450. The lowest BCUT2D eigenvalue weighted by atomic mass is 11.3. The quantitative estimate of drug-likeness (QED) is 0.408. The van der Waals surface area contributed by atoms with Crippen molar-refractivity contribution in [1.29, 1.82) is 0 Å². The standard InChI is InChI=1S/C2H2N4O/c7-2-5-3-1-4-6-2/h1H,(H,5,6,7)/p+1. The number of rotatable bonds is 0. The van der Waals surface area contributed by atoms with Crippen molar-refractivity contribution in [1.82, 2.24) is 15.3 Å². The molecule has 5 heteroatoms. The van der Waals surface area contributed by atoms with Crippen molar-refractivity contribution in [3.63, 3.8) is 0 Å². The minimum atomic E-state index is -0.470. The van der Waals surface area contributed by atoms with Gasteiger partial charge in [-0.3, -0.25) is 0 Å². The molecule has 5 nitrogen and oxygen atoms in total. The first kappa shape index (κ1) is 3.91. The van der Waals surface area contributed by atoms with E-state index in [0.717, 1.165) is 0 Å². The zero-order valence-corrected chi connectivity index (χ0v) is 3.38. The molecule has 0 aliphatic rings. The SMILES string of the molecule is O=c1nnc[nH+][nH]1. The average molecular weight is 99.1 g/mol. The highest BCUT2D eigenvalue weighted by atomic mass is 16.1. The largest absolute Gasteiger partial charge is 0.416 e. The number of aromatic amines is 2. The number of aromatic nitrogens is 4. The minimum Gasteiger partial charge on any atom is -0.239 e. The molecular formula is C2H3N4O+. The van der Waals surface area contributed by atoms with Crippen LogP contribution in [-0.2, 0) is 0 Å². The van der Waals surface area contributed by atoms with Crippen molar-refractivity contribution in [3.8, 4) is 0 Å². The van der Waals surface area contributed by atoms with Crippen LogP contribution in [0.2, 0.25) is 0 Å². The fourth-order valence-electron chi connectivity index (χ4n) is 0.229. The molecule has 0 atom stereocenters. The van der Waals surface area contributed by atoms with E-state index in [0.29, 0.717) is 0 Å². The van der Waals surface area contributed by atoms with Gasteiger partial charge < -0.3 is 0 Å². The Bertz CT molecular complexity index is 175. The maximum Gasteiger partial charge on any atom is 0.416 e. The van der Waals surface area contributed by atoms with E-state index in [4.69, 9.17) is 0 Å². The Labute approximate surface area is 38.4 Å². The number of hydrogen-bond donors (Lipinski definition) is 1. The molecule has 1 aromatic rings. The fourth-order valence-corrected chi connectivity index (χ4v) is 0.229. The summed E-state index contributed by atoms with van der Waals surface area (Å²) >= 11 is 0. The highest BCUT2D eigenvalue weighted by Crippen LogP contribution is 1.32. The zero-order chi connectivity index (χ0) is 5.11. The highest BCUT2D eigenvalue weighted by molar-refractivity contribution is 4.34. The van der Waals surface area contributed by atoms with E-state index >= 15 is 0 Å². The van der Waals surface area contributed by atoms with Gasteiger partial charge in [0.05, 0.1) is 5.10 Å². The van der Waals surface area contributed by atoms with E-state index in [1.807, 2.05) is 0 Å². The number of hydrogen-bond acceptors (Lipinski definition) is 3. The van der Waals surface area contributed by atoms with Crippen molar-refractivity contribution in [2.45, 2.75) is 0 Å². The molecule has 0 bridgehead atoms. The van der Waals surface area contributed by atoms with Gasteiger partial charge in [0.15, 0.2) is 0 Å². The number of H-pyrrole nitrogens is 2. The molecule has 0 saturated carbocycles. The first-order valence-corrected chi connectivity index (χ1v) is 1.67. The van der Waals surface area contributed by atoms with E-state index in [-0.39, 0.29) is 0 Å². The van der Waals surface area contributed by atoms with Crippen LogP contribution < -0.4 is 10.8 Å². The van der Waals surface area contributed by atoms with Crippen LogP contribution in [0.15, 0.2) is 11.1 Å². The third-order valence-electron chi connectivity index (χ3n) is 0.450. The Hall–Kier alpha value is -1.26. The topological polar surface area (TPSA) is 72.8 Å². The molecule has 36 valence electrons. The maximum atomic E-state index is 10.0. The molecule has 1 rings (SSSR count). The van der Waals surface area contributed by atoms with Gasteiger partial charge in [0.1, 0.15) is 0 Å². The first-order chi connectivity index (χ1) is 3.39. The molecule has 0 radical (unpaired) electrons. The van der Waals surface area contributed by atoms with Crippen LogP contribution in [0, 0.1) is 0 Å². The first-order valence-electron chi connectivity index (χ1n) is 1.67. The van der Waals surface area contributed by atoms with Crippen LogP contribution in [0.4, 0.5) is 0 Å². The summed E-state index contributed by atoms with van der Waals surface area (Å²) in [5.41, 5.74) is -0.470. The Morgan fingerprint density at radius 3 is 3.00 bits per heavy atom. The van der Waals surface area contributed by atoms with Crippen LogP contribution in [0.1, 0.15) is 0 Å². The van der Waals surface area contributed by atoms with Crippen molar-refractivity contribution >= 4 is 0 Å². The molecule has 0 amide bonds. The monoisotopic (exact) mass is 99.0 g/mol. The molecule has 1 heterocycles. The predicted molar refractivity (Wildman–Crippen MR) is 19.2 cm³/mol. The summed E-state index contributed by atoms with van der Waals surface area (Å²) in [6.07, 6.45) is 1.28. The van der Waals surface area contributed by atoms with Gasteiger partial charge in [-0.15, -0.1) is 0 Å². The molecule has 2 N–H and O–H groups in total. The fraction of sp³-hybridized carbons (Fsp3) is 0. The highest BCUT2D eigenvalue weighted by Gasteiger charge is 1.81. The lowest BCUT2D eigenvalue weighted by molar-refractivity contribution is -0.463. The summed E-state index contributed by atoms with van der Waals surface area (Å²) in [6, 6.07) is 0. The lowest BCUT2D eigenvalue weighted by Crippen LogP contribution is -2.24. The van der Waals surface area contributed by atoms with Crippen molar-refractivity contribution in [2.75, 3.05) is 0 Å². The van der Waals surface area contributed by atoms with Crippen LogP contribution in [0.3, 0.4) is 0 Å².